The summed E-state index contributed by atoms with van der Waals surface area (Å²) in [6, 6.07) is 4.89. The Labute approximate surface area is 188 Å². The minimum Gasteiger partial charge on any atom is -0.378 e. The molecular formula is C20H23N7O6. The van der Waals surface area contributed by atoms with Gasteiger partial charge in [0, 0.05) is 63.2 Å². The average Bonchev–Trinajstić information content (AvgIpc) is 2.83. The molecule has 0 radical (unpaired) electrons. The van der Waals surface area contributed by atoms with Crippen molar-refractivity contribution in [3.05, 3.63) is 55.8 Å². The molecule has 0 aliphatic carbocycles. The molecule has 13 nitrogen and oxygen atoms in total. The van der Waals surface area contributed by atoms with Gasteiger partial charge in [-0.3, -0.25) is 25.0 Å². The maximum absolute atomic E-state index is 12.9. The summed E-state index contributed by atoms with van der Waals surface area (Å²) in [6.07, 6.45) is 0. The molecule has 33 heavy (non-hydrogen) atoms. The summed E-state index contributed by atoms with van der Waals surface area (Å²) < 4.78 is 5.39. The Balaban J connectivity index is 1.47. The molecule has 2 aliphatic rings. The van der Waals surface area contributed by atoms with E-state index in [-0.39, 0.29) is 5.56 Å². The van der Waals surface area contributed by atoms with Gasteiger partial charge in [-0.1, -0.05) is 0 Å². The van der Waals surface area contributed by atoms with Crippen LogP contribution in [0.5, 0.6) is 0 Å². The van der Waals surface area contributed by atoms with Crippen molar-refractivity contribution in [2.24, 2.45) is 0 Å². The minimum absolute atomic E-state index is 0.0724. The molecule has 4 rings (SSSR count). The van der Waals surface area contributed by atoms with E-state index in [2.05, 4.69) is 14.8 Å². The number of benzene rings is 1. The summed E-state index contributed by atoms with van der Waals surface area (Å²) in [6.45, 7) is 6.32. The molecule has 174 valence electrons. The summed E-state index contributed by atoms with van der Waals surface area (Å²) in [5.74, 6) is 0.937. The van der Waals surface area contributed by atoms with Crippen molar-refractivity contribution < 1.29 is 19.4 Å². The van der Waals surface area contributed by atoms with Gasteiger partial charge in [-0.05, 0) is 6.92 Å². The van der Waals surface area contributed by atoms with Gasteiger partial charge in [0.05, 0.1) is 34.7 Å². The summed E-state index contributed by atoms with van der Waals surface area (Å²) in [4.78, 5) is 48.6. The van der Waals surface area contributed by atoms with Crippen LogP contribution in [0.2, 0.25) is 0 Å². The number of ether oxygens (including phenoxy) is 1. The standard InChI is InChI=1S/C20H23N7O6/c1-14-10-18(22-20(21-14)25-6-8-33-9-7-25)23-2-4-24(5-3-23)19(28)15-11-16(26(29)30)13-17(12-15)27(31)32/h10-13H,2-9H2,1H3. The molecule has 1 aromatic heterocycles. The van der Waals surface area contributed by atoms with Gasteiger partial charge in [-0.25, -0.2) is 4.98 Å². The van der Waals surface area contributed by atoms with E-state index in [4.69, 9.17) is 9.72 Å². The maximum Gasteiger partial charge on any atom is 0.277 e. The van der Waals surface area contributed by atoms with Crippen LogP contribution in [0.4, 0.5) is 23.1 Å². The van der Waals surface area contributed by atoms with Gasteiger partial charge in [0.2, 0.25) is 5.95 Å². The van der Waals surface area contributed by atoms with Crippen LogP contribution >= 0.6 is 0 Å². The highest BCUT2D eigenvalue weighted by atomic mass is 16.6. The fourth-order valence-corrected chi connectivity index (χ4v) is 3.85. The first kappa shape index (κ1) is 22.3. The predicted molar refractivity (Wildman–Crippen MR) is 118 cm³/mol. The van der Waals surface area contributed by atoms with Crippen LogP contribution in [0, 0.1) is 27.2 Å². The smallest absolute Gasteiger partial charge is 0.277 e. The number of aryl methyl sites for hydroxylation is 1. The van der Waals surface area contributed by atoms with E-state index in [1.165, 1.54) is 4.90 Å². The van der Waals surface area contributed by atoms with E-state index in [1.54, 1.807) is 0 Å². The molecule has 0 unspecified atom stereocenters. The summed E-state index contributed by atoms with van der Waals surface area (Å²) >= 11 is 0. The first-order valence-electron chi connectivity index (χ1n) is 10.5. The Morgan fingerprint density at radius 3 is 2.06 bits per heavy atom. The van der Waals surface area contributed by atoms with Crippen molar-refractivity contribution in [1.82, 2.24) is 14.9 Å². The first-order chi connectivity index (χ1) is 15.8. The van der Waals surface area contributed by atoms with Gasteiger partial charge in [0.15, 0.2) is 0 Å². The normalized spacial score (nSPS) is 16.6. The van der Waals surface area contributed by atoms with Crippen molar-refractivity contribution in [3.63, 3.8) is 0 Å². The van der Waals surface area contributed by atoms with Crippen molar-refractivity contribution in [1.29, 1.82) is 0 Å². The van der Waals surface area contributed by atoms with Gasteiger partial charge < -0.3 is 19.4 Å². The lowest BCUT2D eigenvalue weighted by Crippen LogP contribution is -2.49. The summed E-state index contributed by atoms with van der Waals surface area (Å²) in [5, 5.41) is 22.2. The number of nitro benzene ring substituents is 2. The molecule has 0 saturated carbocycles. The molecule has 1 aromatic carbocycles. The molecule has 0 atom stereocenters. The first-order valence-corrected chi connectivity index (χ1v) is 10.5. The monoisotopic (exact) mass is 457 g/mol. The lowest BCUT2D eigenvalue weighted by molar-refractivity contribution is -0.394. The van der Waals surface area contributed by atoms with Gasteiger partial charge in [0.1, 0.15) is 5.82 Å². The number of rotatable bonds is 5. The van der Waals surface area contributed by atoms with Crippen LogP contribution in [0.25, 0.3) is 0 Å². The topological polar surface area (TPSA) is 148 Å². The predicted octanol–water partition coefficient (Wildman–Crippen LogP) is 1.40. The number of hydrogen-bond acceptors (Lipinski definition) is 10. The fourth-order valence-electron chi connectivity index (χ4n) is 3.85. The van der Waals surface area contributed by atoms with Gasteiger partial charge in [0.25, 0.3) is 17.3 Å². The second-order valence-electron chi connectivity index (χ2n) is 7.80. The zero-order valence-corrected chi connectivity index (χ0v) is 18.0. The molecule has 2 aromatic rings. The van der Waals surface area contributed by atoms with Crippen LogP contribution in [0.3, 0.4) is 0 Å². The number of amides is 1. The minimum atomic E-state index is -0.745. The molecule has 1 amide bonds. The number of morpholine rings is 1. The quantitative estimate of drug-likeness (QED) is 0.476. The van der Waals surface area contributed by atoms with Crippen LogP contribution in [-0.4, -0.2) is 83.1 Å². The zero-order chi connectivity index (χ0) is 23.5. The van der Waals surface area contributed by atoms with Crippen LogP contribution < -0.4 is 9.80 Å². The molecule has 0 bridgehead atoms. The Morgan fingerprint density at radius 2 is 1.48 bits per heavy atom. The average molecular weight is 457 g/mol. The molecule has 2 aliphatic heterocycles. The number of non-ortho nitro benzene ring substituents is 2. The fraction of sp³-hybridized carbons (Fsp3) is 0.450. The van der Waals surface area contributed by atoms with Crippen LogP contribution in [-0.2, 0) is 4.74 Å². The van der Waals surface area contributed by atoms with E-state index in [0.29, 0.717) is 45.3 Å². The Hall–Kier alpha value is -3.87. The lowest BCUT2D eigenvalue weighted by Gasteiger charge is -2.36. The number of carbonyl (C=O) groups is 1. The number of nitro groups is 2. The third kappa shape index (κ3) is 4.98. The van der Waals surface area contributed by atoms with Crippen molar-refractivity contribution in [2.45, 2.75) is 6.92 Å². The highest BCUT2D eigenvalue weighted by molar-refractivity contribution is 5.95. The highest BCUT2D eigenvalue weighted by Crippen LogP contribution is 2.25. The number of aromatic nitrogens is 2. The molecule has 0 spiro atoms. The molecule has 3 heterocycles. The second kappa shape index (κ2) is 9.32. The maximum atomic E-state index is 12.9. The number of nitrogens with zero attached hydrogens (tertiary/aromatic N) is 7. The van der Waals surface area contributed by atoms with Crippen molar-refractivity contribution in [2.75, 3.05) is 62.3 Å². The van der Waals surface area contributed by atoms with E-state index >= 15 is 0 Å². The van der Waals surface area contributed by atoms with E-state index in [9.17, 15) is 25.0 Å². The molecule has 13 heteroatoms. The van der Waals surface area contributed by atoms with E-state index in [0.717, 1.165) is 42.8 Å². The van der Waals surface area contributed by atoms with E-state index in [1.807, 2.05) is 13.0 Å². The zero-order valence-electron chi connectivity index (χ0n) is 18.0. The van der Waals surface area contributed by atoms with Crippen molar-refractivity contribution >= 4 is 29.0 Å². The Morgan fingerprint density at radius 1 is 0.879 bits per heavy atom. The van der Waals surface area contributed by atoms with Gasteiger partial charge >= 0.3 is 0 Å². The number of hydrogen-bond donors (Lipinski definition) is 0. The third-order valence-corrected chi connectivity index (χ3v) is 5.58. The van der Waals surface area contributed by atoms with Crippen LogP contribution in [0.15, 0.2) is 24.3 Å². The number of piperazine rings is 1. The lowest BCUT2D eigenvalue weighted by atomic mass is 10.1. The molecule has 2 fully saturated rings. The number of anilines is 2. The number of carbonyl (C=O) groups excluding carboxylic acids is 1. The highest BCUT2D eigenvalue weighted by Gasteiger charge is 2.27. The molecule has 0 N–H and O–H groups in total. The van der Waals surface area contributed by atoms with Crippen LogP contribution in [0.1, 0.15) is 16.1 Å². The van der Waals surface area contributed by atoms with E-state index < -0.39 is 27.1 Å². The SMILES string of the molecule is Cc1cc(N2CCN(C(=O)c3cc([N+](=O)[O-])cc([N+](=O)[O-])c3)CC2)nc(N2CCOCC2)n1. The third-order valence-electron chi connectivity index (χ3n) is 5.58. The molecule has 2 saturated heterocycles. The summed E-state index contributed by atoms with van der Waals surface area (Å²) in [5.41, 5.74) is -0.211. The summed E-state index contributed by atoms with van der Waals surface area (Å²) in [7, 11) is 0. The molecular weight excluding hydrogens is 434 g/mol. The Bertz CT molecular complexity index is 1050. The van der Waals surface area contributed by atoms with Gasteiger partial charge in [-0.2, -0.15) is 4.98 Å². The largest absolute Gasteiger partial charge is 0.378 e. The Kier molecular flexibility index (Phi) is 6.31. The van der Waals surface area contributed by atoms with Crippen molar-refractivity contribution in [3.8, 4) is 0 Å². The second-order valence-corrected chi connectivity index (χ2v) is 7.80. The van der Waals surface area contributed by atoms with Gasteiger partial charge in [-0.15, -0.1) is 0 Å².